The number of aryl methyl sites for hydroxylation is 1. The van der Waals surface area contributed by atoms with Crippen molar-refractivity contribution in [2.75, 3.05) is 31.5 Å². The van der Waals surface area contributed by atoms with Gasteiger partial charge in [-0.1, -0.05) is 19.1 Å². The van der Waals surface area contributed by atoms with E-state index < -0.39 is 0 Å². The molecule has 1 aliphatic rings. The molecule has 1 aromatic carbocycles. The maximum Gasteiger partial charge on any atom is 0.137 e. The van der Waals surface area contributed by atoms with E-state index >= 15 is 0 Å². The van der Waals surface area contributed by atoms with Crippen molar-refractivity contribution in [3.8, 4) is 0 Å². The monoisotopic (exact) mass is 270 g/mol. The minimum Gasteiger partial charge on any atom is -0.368 e. The Labute approximate surface area is 120 Å². The minimum atomic E-state index is 0.867. The van der Waals surface area contributed by atoms with Crippen molar-refractivity contribution in [3.05, 3.63) is 30.1 Å². The van der Waals surface area contributed by atoms with Gasteiger partial charge in [0.25, 0.3) is 0 Å². The minimum absolute atomic E-state index is 0.867. The van der Waals surface area contributed by atoms with Crippen LogP contribution in [0.5, 0.6) is 0 Å². The van der Waals surface area contributed by atoms with Crippen molar-refractivity contribution < 1.29 is 0 Å². The molecule has 3 rings (SSSR count). The van der Waals surface area contributed by atoms with Crippen molar-refractivity contribution >= 4 is 16.7 Å². The van der Waals surface area contributed by atoms with Gasteiger partial charge in [-0.2, -0.15) is 0 Å². The third kappa shape index (κ3) is 2.90. The number of likely N-dealkylation sites (tertiary alicyclic amines) is 1. The molecule has 0 aliphatic carbocycles. The number of anilines is 1. The van der Waals surface area contributed by atoms with Crippen LogP contribution in [-0.4, -0.2) is 41.0 Å². The smallest absolute Gasteiger partial charge is 0.137 e. The first-order valence-electron chi connectivity index (χ1n) is 7.58. The van der Waals surface area contributed by atoms with Gasteiger partial charge in [0.2, 0.25) is 0 Å². The Morgan fingerprint density at radius 3 is 2.75 bits per heavy atom. The highest BCUT2D eigenvalue weighted by Crippen LogP contribution is 2.20. The molecule has 2 aromatic rings. The van der Waals surface area contributed by atoms with Crippen molar-refractivity contribution in [1.82, 2.24) is 14.9 Å². The largest absolute Gasteiger partial charge is 0.368 e. The number of aromatic nitrogens is 2. The number of rotatable bonds is 5. The van der Waals surface area contributed by atoms with Gasteiger partial charge in [0.05, 0.1) is 5.52 Å². The van der Waals surface area contributed by atoms with Crippen LogP contribution in [0.4, 0.5) is 5.82 Å². The molecule has 0 amide bonds. The zero-order valence-electron chi connectivity index (χ0n) is 12.1. The maximum absolute atomic E-state index is 4.64. The number of hydrogen-bond acceptors (Lipinski definition) is 4. The number of nitrogens with zero attached hydrogens (tertiary/aromatic N) is 3. The molecule has 0 spiro atoms. The Kier molecular flexibility index (Phi) is 4.11. The molecule has 0 bridgehead atoms. The topological polar surface area (TPSA) is 41.1 Å². The summed E-state index contributed by atoms with van der Waals surface area (Å²) in [6.45, 7) is 6.63. The fourth-order valence-electron chi connectivity index (χ4n) is 2.76. The molecule has 1 fully saturated rings. The van der Waals surface area contributed by atoms with Crippen molar-refractivity contribution in [2.24, 2.45) is 0 Å². The van der Waals surface area contributed by atoms with E-state index in [1.165, 1.54) is 25.9 Å². The number of fused-ring (bicyclic) bond motifs is 1. The SMILES string of the molecule is CCc1nc(NCCN2CCCC2)c2ccccc2n1. The Morgan fingerprint density at radius 1 is 1.15 bits per heavy atom. The van der Waals surface area contributed by atoms with Crippen molar-refractivity contribution in [1.29, 1.82) is 0 Å². The fraction of sp³-hybridized carbons (Fsp3) is 0.500. The van der Waals surface area contributed by atoms with Gasteiger partial charge in [-0.25, -0.2) is 9.97 Å². The summed E-state index contributed by atoms with van der Waals surface area (Å²) in [5, 5.41) is 4.61. The van der Waals surface area contributed by atoms with E-state index in [4.69, 9.17) is 0 Å². The van der Waals surface area contributed by atoms with Crippen LogP contribution < -0.4 is 5.32 Å². The van der Waals surface area contributed by atoms with Crippen LogP contribution in [0.2, 0.25) is 0 Å². The van der Waals surface area contributed by atoms with Crippen LogP contribution in [0.3, 0.4) is 0 Å². The lowest BCUT2D eigenvalue weighted by molar-refractivity contribution is 0.352. The molecule has 0 saturated carbocycles. The zero-order valence-corrected chi connectivity index (χ0v) is 12.1. The van der Waals surface area contributed by atoms with Crippen LogP contribution in [0, 0.1) is 0 Å². The molecule has 4 nitrogen and oxygen atoms in total. The molecular formula is C16H22N4. The summed E-state index contributed by atoms with van der Waals surface area (Å²) in [5.74, 6) is 1.89. The molecule has 1 N–H and O–H groups in total. The van der Waals surface area contributed by atoms with Gasteiger partial charge in [-0.15, -0.1) is 0 Å². The summed E-state index contributed by atoms with van der Waals surface area (Å²) in [6, 6.07) is 8.22. The first kappa shape index (κ1) is 13.3. The van der Waals surface area contributed by atoms with Gasteiger partial charge in [-0.05, 0) is 38.1 Å². The third-order valence-corrected chi connectivity index (χ3v) is 3.88. The molecule has 20 heavy (non-hydrogen) atoms. The molecule has 0 unspecified atom stereocenters. The van der Waals surface area contributed by atoms with Gasteiger partial charge in [0.1, 0.15) is 11.6 Å². The van der Waals surface area contributed by atoms with Gasteiger partial charge in [-0.3, -0.25) is 0 Å². The summed E-state index contributed by atoms with van der Waals surface area (Å²) in [7, 11) is 0. The van der Waals surface area contributed by atoms with E-state index in [2.05, 4.69) is 39.2 Å². The van der Waals surface area contributed by atoms with Gasteiger partial charge in [0, 0.05) is 24.9 Å². The summed E-state index contributed by atoms with van der Waals surface area (Å²) in [5.41, 5.74) is 1.03. The maximum atomic E-state index is 4.64. The Hall–Kier alpha value is -1.68. The van der Waals surface area contributed by atoms with E-state index in [0.717, 1.165) is 42.1 Å². The molecule has 2 heterocycles. The lowest BCUT2D eigenvalue weighted by Crippen LogP contribution is -2.26. The number of nitrogens with one attached hydrogen (secondary N) is 1. The Balaban J connectivity index is 1.75. The number of benzene rings is 1. The van der Waals surface area contributed by atoms with E-state index in [1.54, 1.807) is 0 Å². The lowest BCUT2D eigenvalue weighted by atomic mass is 10.2. The first-order valence-corrected chi connectivity index (χ1v) is 7.58. The molecule has 0 atom stereocenters. The van der Waals surface area contributed by atoms with Crippen molar-refractivity contribution in [3.63, 3.8) is 0 Å². The molecule has 1 aliphatic heterocycles. The molecular weight excluding hydrogens is 248 g/mol. The van der Waals surface area contributed by atoms with Crippen molar-refractivity contribution in [2.45, 2.75) is 26.2 Å². The van der Waals surface area contributed by atoms with Gasteiger partial charge >= 0.3 is 0 Å². The van der Waals surface area contributed by atoms with Crippen LogP contribution in [0.25, 0.3) is 10.9 Å². The lowest BCUT2D eigenvalue weighted by Gasteiger charge is -2.16. The van der Waals surface area contributed by atoms with E-state index in [-0.39, 0.29) is 0 Å². The van der Waals surface area contributed by atoms with Crippen LogP contribution >= 0.6 is 0 Å². The van der Waals surface area contributed by atoms with Gasteiger partial charge in [0.15, 0.2) is 0 Å². The quantitative estimate of drug-likeness (QED) is 0.907. The molecule has 1 saturated heterocycles. The Morgan fingerprint density at radius 2 is 1.95 bits per heavy atom. The van der Waals surface area contributed by atoms with Crippen LogP contribution in [-0.2, 0) is 6.42 Å². The van der Waals surface area contributed by atoms with Crippen LogP contribution in [0.15, 0.2) is 24.3 Å². The highest BCUT2D eigenvalue weighted by Gasteiger charge is 2.11. The van der Waals surface area contributed by atoms with E-state index in [1.807, 2.05) is 12.1 Å². The average Bonchev–Trinajstić information content (AvgIpc) is 3.00. The first-order chi connectivity index (χ1) is 9.86. The second kappa shape index (κ2) is 6.18. The highest BCUT2D eigenvalue weighted by atomic mass is 15.2. The number of para-hydroxylation sites is 1. The van der Waals surface area contributed by atoms with Gasteiger partial charge < -0.3 is 10.2 Å². The zero-order chi connectivity index (χ0) is 13.8. The second-order valence-electron chi connectivity index (χ2n) is 5.33. The third-order valence-electron chi connectivity index (χ3n) is 3.88. The average molecular weight is 270 g/mol. The Bertz CT molecular complexity index is 576. The number of hydrogen-bond donors (Lipinski definition) is 1. The summed E-state index contributed by atoms with van der Waals surface area (Å²) in [4.78, 5) is 11.7. The summed E-state index contributed by atoms with van der Waals surface area (Å²) in [6.07, 6.45) is 3.55. The molecule has 1 aromatic heterocycles. The predicted molar refractivity (Wildman–Crippen MR) is 83.1 cm³/mol. The highest BCUT2D eigenvalue weighted by molar-refractivity contribution is 5.88. The molecule has 106 valence electrons. The summed E-state index contributed by atoms with van der Waals surface area (Å²) >= 11 is 0. The molecule has 4 heteroatoms. The standard InChI is InChI=1S/C16H22N4/c1-2-15-18-14-8-4-3-7-13(14)16(19-15)17-9-12-20-10-5-6-11-20/h3-4,7-8H,2,5-6,9-12H2,1H3,(H,17,18,19). The normalized spacial score (nSPS) is 15.8. The molecule has 0 radical (unpaired) electrons. The second-order valence-corrected chi connectivity index (χ2v) is 5.33. The fourth-order valence-corrected chi connectivity index (χ4v) is 2.76. The van der Waals surface area contributed by atoms with Crippen LogP contribution in [0.1, 0.15) is 25.6 Å². The predicted octanol–water partition coefficient (Wildman–Crippen LogP) is 2.70. The van der Waals surface area contributed by atoms with E-state index in [0.29, 0.717) is 0 Å². The summed E-state index contributed by atoms with van der Waals surface area (Å²) < 4.78 is 0. The van der Waals surface area contributed by atoms with E-state index in [9.17, 15) is 0 Å².